The van der Waals surface area contributed by atoms with Gasteiger partial charge >= 0.3 is 6.18 Å². The highest BCUT2D eigenvalue weighted by molar-refractivity contribution is 14.0. The zero-order valence-electron chi connectivity index (χ0n) is 14.8. The van der Waals surface area contributed by atoms with E-state index in [0.717, 1.165) is 22.3 Å². The molecule has 2 aromatic rings. The Labute approximate surface area is 182 Å². The molecule has 27 heavy (non-hydrogen) atoms. The van der Waals surface area contributed by atoms with Crippen molar-refractivity contribution >= 4 is 52.9 Å². The number of aromatic nitrogens is 1. The number of halogens is 5. The fourth-order valence-electron chi connectivity index (χ4n) is 2.25. The molecule has 0 bridgehead atoms. The molecule has 0 amide bonds. The summed E-state index contributed by atoms with van der Waals surface area (Å²) in [5.41, 5.74) is 0.0911. The van der Waals surface area contributed by atoms with Crippen molar-refractivity contribution in [1.82, 2.24) is 15.6 Å². The molecular formula is C17H21ClF3IN4S. The summed E-state index contributed by atoms with van der Waals surface area (Å²) < 4.78 is 37.7. The molecule has 10 heteroatoms. The average Bonchev–Trinajstić information content (AvgIpc) is 3.04. The van der Waals surface area contributed by atoms with Crippen LogP contribution in [-0.2, 0) is 12.6 Å². The van der Waals surface area contributed by atoms with Crippen LogP contribution in [-0.4, -0.2) is 24.0 Å². The number of hydrogen-bond acceptors (Lipinski definition) is 3. The maximum Gasteiger partial charge on any atom is 0.434 e. The molecule has 0 aliphatic rings. The van der Waals surface area contributed by atoms with Crippen molar-refractivity contribution in [3.63, 3.8) is 0 Å². The van der Waals surface area contributed by atoms with Crippen molar-refractivity contribution in [2.75, 3.05) is 13.1 Å². The molecule has 2 N–H and O–H groups in total. The van der Waals surface area contributed by atoms with E-state index in [4.69, 9.17) is 11.6 Å². The van der Waals surface area contributed by atoms with Crippen LogP contribution in [0.1, 0.15) is 36.2 Å². The van der Waals surface area contributed by atoms with E-state index < -0.39 is 11.9 Å². The van der Waals surface area contributed by atoms with E-state index in [1.807, 2.05) is 38.1 Å². The van der Waals surface area contributed by atoms with Gasteiger partial charge in [-0.05, 0) is 25.5 Å². The molecule has 1 unspecified atom stereocenters. The van der Waals surface area contributed by atoms with Crippen LogP contribution in [0.2, 0.25) is 5.02 Å². The Kier molecular flexibility index (Phi) is 9.82. The second kappa shape index (κ2) is 11.1. The molecule has 1 heterocycles. The molecule has 0 spiro atoms. The van der Waals surface area contributed by atoms with Gasteiger partial charge < -0.3 is 10.6 Å². The largest absolute Gasteiger partial charge is 0.434 e. The lowest BCUT2D eigenvalue weighted by Gasteiger charge is -2.19. The van der Waals surface area contributed by atoms with Crippen LogP contribution in [0.4, 0.5) is 13.2 Å². The standard InChI is InChI=1S/C17H20ClF3N4S.HI/c1-3-22-16(24-11(2)12-6-4-5-7-13(12)18)23-9-8-15-25-14(10-26-15)17(19,20)21;/h4-7,10-11H,3,8-9H2,1-2H3,(H2,22,23,24);1H. The van der Waals surface area contributed by atoms with Gasteiger partial charge in [-0.3, -0.25) is 4.99 Å². The summed E-state index contributed by atoms with van der Waals surface area (Å²) in [6.07, 6.45) is -4.06. The third kappa shape index (κ3) is 7.46. The molecule has 0 radical (unpaired) electrons. The molecule has 2 rings (SSSR count). The van der Waals surface area contributed by atoms with Gasteiger partial charge in [0.2, 0.25) is 0 Å². The molecule has 1 aromatic carbocycles. The highest BCUT2D eigenvalue weighted by Gasteiger charge is 2.33. The van der Waals surface area contributed by atoms with E-state index in [9.17, 15) is 13.2 Å². The number of guanidine groups is 1. The Hall–Kier alpha value is -1.07. The third-order valence-electron chi connectivity index (χ3n) is 3.51. The van der Waals surface area contributed by atoms with Crippen molar-refractivity contribution in [3.05, 3.63) is 50.9 Å². The summed E-state index contributed by atoms with van der Waals surface area (Å²) in [6.45, 7) is 4.89. The first-order chi connectivity index (χ1) is 12.3. The van der Waals surface area contributed by atoms with Crippen LogP contribution in [0.15, 0.2) is 34.6 Å². The fourth-order valence-corrected chi connectivity index (χ4v) is 3.34. The maximum absolute atomic E-state index is 12.6. The van der Waals surface area contributed by atoms with E-state index in [0.29, 0.717) is 35.5 Å². The predicted octanol–water partition coefficient (Wildman–Crippen LogP) is 5.29. The summed E-state index contributed by atoms with van der Waals surface area (Å²) in [5.74, 6) is 0.576. The topological polar surface area (TPSA) is 49.3 Å². The third-order valence-corrected chi connectivity index (χ3v) is 4.76. The smallest absolute Gasteiger partial charge is 0.357 e. The van der Waals surface area contributed by atoms with Crippen LogP contribution in [0.25, 0.3) is 0 Å². The van der Waals surface area contributed by atoms with E-state index >= 15 is 0 Å². The molecule has 0 aliphatic heterocycles. The molecule has 4 nitrogen and oxygen atoms in total. The summed E-state index contributed by atoms with van der Waals surface area (Å²) in [6, 6.07) is 7.45. The van der Waals surface area contributed by atoms with E-state index in [2.05, 4.69) is 20.6 Å². The van der Waals surface area contributed by atoms with Crippen molar-refractivity contribution in [1.29, 1.82) is 0 Å². The Morgan fingerprint density at radius 1 is 1.33 bits per heavy atom. The fraction of sp³-hybridized carbons (Fsp3) is 0.412. The second-order valence-corrected chi connectivity index (χ2v) is 6.87. The minimum Gasteiger partial charge on any atom is -0.357 e. The second-order valence-electron chi connectivity index (χ2n) is 5.52. The van der Waals surface area contributed by atoms with Crippen molar-refractivity contribution < 1.29 is 13.2 Å². The molecule has 0 fully saturated rings. The molecule has 1 atom stereocenters. The molecule has 0 saturated carbocycles. The van der Waals surface area contributed by atoms with E-state index in [1.165, 1.54) is 0 Å². The van der Waals surface area contributed by atoms with Crippen LogP contribution in [0, 0.1) is 0 Å². The Morgan fingerprint density at radius 2 is 2.04 bits per heavy atom. The van der Waals surface area contributed by atoms with Crippen LogP contribution in [0.3, 0.4) is 0 Å². The zero-order valence-corrected chi connectivity index (χ0v) is 18.7. The number of aliphatic imine (C=N–C) groups is 1. The van der Waals surface area contributed by atoms with Gasteiger partial charge in [-0.15, -0.1) is 35.3 Å². The number of hydrogen-bond donors (Lipinski definition) is 2. The highest BCUT2D eigenvalue weighted by atomic mass is 127. The number of nitrogens with one attached hydrogen (secondary N) is 2. The Bertz CT molecular complexity index is 752. The molecule has 1 aromatic heterocycles. The lowest BCUT2D eigenvalue weighted by atomic mass is 10.1. The predicted molar refractivity (Wildman–Crippen MR) is 115 cm³/mol. The molecule has 0 aliphatic carbocycles. The van der Waals surface area contributed by atoms with Gasteiger partial charge in [-0.25, -0.2) is 4.98 Å². The number of alkyl halides is 3. The monoisotopic (exact) mass is 532 g/mol. The number of benzene rings is 1. The van der Waals surface area contributed by atoms with Gasteiger partial charge in [0.1, 0.15) is 0 Å². The van der Waals surface area contributed by atoms with Crippen molar-refractivity contribution in [3.8, 4) is 0 Å². The maximum atomic E-state index is 12.6. The van der Waals surface area contributed by atoms with Gasteiger partial charge in [-0.1, -0.05) is 29.8 Å². The summed E-state index contributed by atoms with van der Waals surface area (Å²) >= 11 is 7.20. The first kappa shape index (κ1) is 24.0. The normalized spacial score (nSPS) is 13.0. The minimum atomic E-state index is -4.40. The summed E-state index contributed by atoms with van der Waals surface area (Å²) in [4.78, 5) is 8.02. The Morgan fingerprint density at radius 3 is 2.63 bits per heavy atom. The lowest BCUT2D eigenvalue weighted by Crippen LogP contribution is -2.39. The molecule has 150 valence electrons. The van der Waals surface area contributed by atoms with Gasteiger partial charge in [0, 0.05) is 29.9 Å². The van der Waals surface area contributed by atoms with Gasteiger partial charge in [0.15, 0.2) is 11.7 Å². The minimum absolute atomic E-state index is 0. The zero-order chi connectivity index (χ0) is 19.2. The molecular weight excluding hydrogens is 512 g/mol. The van der Waals surface area contributed by atoms with Crippen LogP contribution < -0.4 is 10.6 Å². The van der Waals surface area contributed by atoms with Gasteiger partial charge in [0.25, 0.3) is 0 Å². The SMILES string of the molecule is CCNC(=NCCc1nc(C(F)(F)F)cs1)NC(C)c1ccccc1Cl.I. The average molecular weight is 533 g/mol. The van der Waals surface area contributed by atoms with Crippen molar-refractivity contribution in [2.45, 2.75) is 32.5 Å². The number of thiazole rings is 1. The Balaban J connectivity index is 0.00000364. The quantitative estimate of drug-likeness (QED) is 0.302. The van der Waals surface area contributed by atoms with Crippen molar-refractivity contribution in [2.24, 2.45) is 4.99 Å². The summed E-state index contributed by atoms with van der Waals surface area (Å²) in [7, 11) is 0. The van der Waals surface area contributed by atoms with Gasteiger partial charge in [0.05, 0.1) is 11.0 Å². The number of rotatable bonds is 6. The van der Waals surface area contributed by atoms with Crippen LogP contribution >= 0.6 is 46.9 Å². The summed E-state index contributed by atoms with van der Waals surface area (Å²) in [5, 5.41) is 8.47. The molecule has 0 saturated heterocycles. The van der Waals surface area contributed by atoms with Crippen LogP contribution in [0.5, 0.6) is 0 Å². The number of nitrogens with zero attached hydrogens (tertiary/aromatic N) is 2. The first-order valence-corrected chi connectivity index (χ1v) is 9.38. The van der Waals surface area contributed by atoms with E-state index in [-0.39, 0.29) is 30.0 Å². The lowest BCUT2D eigenvalue weighted by molar-refractivity contribution is -0.140. The van der Waals surface area contributed by atoms with Gasteiger partial charge in [-0.2, -0.15) is 13.2 Å². The van der Waals surface area contributed by atoms with E-state index in [1.54, 1.807) is 0 Å². The highest BCUT2D eigenvalue weighted by Crippen LogP contribution is 2.30. The first-order valence-electron chi connectivity index (χ1n) is 8.12.